The molecule has 0 saturated carbocycles. The Morgan fingerprint density at radius 2 is 1.88 bits per heavy atom. The molecule has 0 heterocycles. The second-order valence-electron chi connectivity index (χ2n) is 5.73. The molecule has 0 aromatic heterocycles. The Hall–Kier alpha value is -2.14. The number of hydrogen-bond acceptors (Lipinski definition) is 2. The summed E-state index contributed by atoms with van der Waals surface area (Å²) in [7, 11) is 0. The van der Waals surface area contributed by atoms with Gasteiger partial charge < -0.3 is 10.1 Å². The summed E-state index contributed by atoms with van der Waals surface area (Å²) in [6, 6.07) is 6.90. The van der Waals surface area contributed by atoms with Crippen LogP contribution in [0.4, 0.5) is 14.5 Å². The fraction of sp³-hybridized carbons (Fsp3) is 0.278. The largest absolute Gasteiger partial charge is 0.483 e. The van der Waals surface area contributed by atoms with Gasteiger partial charge in [-0.05, 0) is 48.2 Å². The fourth-order valence-corrected chi connectivity index (χ4v) is 2.35. The van der Waals surface area contributed by atoms with Crippen LogP contribution in [0.2, 0.25) is 5.02 Å². The fourth-order valence-electron chi connectivity index (χ4n) is 2.18. The molecule has 2 aromatic rings. The van der Waals surface area contributed by atoms with E-state index >= 15 is 0 Å². The minimum Gasteiger partial charge on any atom is -0.483 e. The van der Waals surface area contributed by atoms with E-state index in [0.717, 1.165) is 23.3 Å². The summed E-state index contributed by atoms with van der Waals surface area (Å²) >= 11 is 6.12. The van der Waals surface area contributed by atoms with E-state index in [4.69, 9.17) is 16.3 Å². The summed E-state index contributed by atoms with van der Waals surface area (Å²) in [5, 5.41) is 2.80. The molecule has 24 heavy (non-hydrogen) atoms. The van der Waals surface area contributed by atoms with Gasteiger partial charge in [-0.2, -0.15) is 0 Å². The van der Waals surface area contributed by atoms with Crippen molar-refractivity contribution in [3.8, 4) is 5.75 Å². The van der Waals surface area contributed by atoms with Gasteiger partial charge >= 0.3 is 0 Å². The average molecular weight is 354 g/mol. The highest BCUT2D eigenvalue weighted by molar-refractivity contribution is 6.31. The maximum atomic E-state index is 13.5. The lowest BCUT2D eigenvalue weighted by Gasteiger charge is -2.16. The van der Waals surface area contributed by atoms with E-state index in [1.807, 2.05) is 20.8 Å². The average Bonchev–Trinajstić information content (AvgIpc) is 2.51. The van der Waals surface area contributed by atoms with Gasteiger partial charge in [0.15, 0.2) is 6.61 Å². The second-order valence-corrected chi connectivity index (χ2v) is 6.13. The van der Waals surface area contributed by atoms with E-state index in [1.54, 1.807) is 12.1 Å². The smallest absolute Gasteiger partial charge is 0.262 e. The minimum absolute atomic E-state index is 0.144. The van der Waals surface area contributed by atoms with E-state index in [9.17, 15) is 13.6 Å². The summed E-state index contributed by atoms with van der Waals surface area (Å²) < 4.78 is 32.6. The molecular formula is C18H18ClF2NO2. The topological polar surface area (TPSA) is 38.3 Å². The maximum absolute atomic E-state index is 13.5. The van der Waals surface area contributed by atoms with Crippen molar-refractivity contribution < 1.29 is 18.3 Å². The molecule has 0 unspecified atom stereocenters. The standard InChI is InChI=1S/C18H18ClF2NO2/c1-10(2)12-8-13(19)11(3)7-16(12)24-9-17(23)22-18-14(20)5-4-6-15(18)21/h4-8,10H,9H2,1-3H3,(H,22,23). The van der Waals surface area contributed by atoms with E-state index in [0.29, 0.717) is 10.8 Å². The lowest BCUT2D eigenvalue weighted by molar-refractivity contribution is -0.118. The van der Waals surface area contributed by atoms with Crippen molar-refractivity contribution in [1.29, 1.82) is 0 Å². The van der Waals surface area contributed by atoms with Crippen molar-refractivity contribution >= 4 is 23.2 Å². The van der Waals surface area contributed by atoms with Crippen molar-refractivity contribution in [3.63, 3.8) is 0 Å². The lowest BCUT2D eigenvalue weighted by atomic mass is 10.0. The van der Waals surface area contributed by atoms with Crippen molar-refractivity contribution in [2.45, 2.75) is 26.7 Å². The number of ether oxygens (including phenoxy) is 1. The summed E-state index contributed by atoms with van der Waals surface area (Å²) in [4.78, 5) is 11.9. The van der Waals surface area contributed by atoms with Gasteiger partial charge in [0.2, 0.25) is 0 Å². The summed E-state index contributed by atoms with van der Waals surface area (Å²) in [6.07, 6.45) is 0. The van der Waals surface area contributed by atoms with Crippen molar-refractivity contribution in [3.05, 3.63) is 58.1 Å². The molecule has 0 spiro atoms. The van der Waals surface area contributed by atoms with Gasteiger partial charge in [-0.3, -0.25) is 4.79 Å². The van der Waals surface area contributed by atoms with Crippen LogP contribution in [0.3, 0.4) is 0 Å². The Labute approximate surface area is 144 Å². The van der Waals surface area contributed by atoms with Crippen molar-refractivity contribution in [1.82, 2.24) is 0 Å². The number of nitrogens with one attached hydrogen (secondary N) is 1. The third-order valence-electron chi connectivity index (χ3n) is 3.50. The number of carbonyl (C=O) groups is 1. The van der Waals surface area contributed by atoms with Gasteiger partial charge in [-0.25, -0.2) is 8.78 Å². The van der Waals surface area contributed by atoms with E-state index < -0.39 is 23.2 Å². The van der Waals surface area contributed by atoms with E-state index in [1.165, 1.54) is 6.07 Å². The molecule has 3 nitrogen and oxygen atoms in total. The molecule has 2 aromatic carbocycles. The predicted octanol–water partition coefficient (Wildman–Crippen LogP) is 5.07. The van der Waals surface area contributed by atoms with Crippen LogP contribution < -0.4 is 10.1 Å². The molecule has 0 fully saturated rings. The molecule has 128 valence electrons. The molecule has 0 atom stereocenters. The van der Waals surface area contributed by atoms with Crippen LogP contribution in [-0.4, -0.2) is 12.5 Å². The second kappa shape index (κ2) is 7.62. The van der Waals surface area contributed by atoms with Crippen molar-refractivity contribution in [2.75, 3.05) is 11.9 Å². The molecule has 0 aliphatic rings. The third-order valence-corrected chi connectivity index (χ3v) is 3.91. The highest BCUT2D eigenvalue weighted by Crippen LogP contribution is 2.32. The van der Waals surface area contributed by atoms with E-state index in [-0.39, 0.29) is 12.5 Å². The number of benzene rings is 2. The molecule has 6 heteroatoms. The molecule has 0 aliphatic carbocycles. The minimum atomic E-state index is -0.839. The molecule has 1 amide bonds. The zero-order valence-electron chi connectivity index (χ0n) is 13.6. The van der Waals surface area contributed by atoms with Gasteiger partial charge in [0.05, 0.1) is 0 Å². The van der Waals surface area contributed by atoms with Crippen LogP contribution in [0.1, 0.15) is 30.9 Å². The SMILES string of the molecule is Cc1cc(OCC(=O)Nc2c(F)cccc2F)c(C(C)C)cc1Cl. The Morgan fingerprint density at radius 1 is 1.25 bits per heavy atom. The maximum Gasteiger partial charge on any atom is 0.262 e. The zero-order chi connectivity index (χ0) is 17.9. The first kappa shape index (κ1) is 18.2. The van der Waals surface area contributed by atoms with Crippen LogP contribution >= 0.6 is 11.6 Å². The van der Waals surface area contributed by atoms with Crippen LogP contribution in [-0.2, 0) is 4.79 Å². The number of para-hydroxylation sites is 1. The van der Waals surface area contributed by atoms with Crippen molar-refractivity contribution in [2.24, 2.45) is 0 Å². The number of carbonyl (C=O) groups excluding carboxylic acids is 1. The number of aryl methyl sites for hydroxylation is 1. The molecule has 1 N–H and O–H groups in total. The number of amides is 1. The predicted molar refractivity (Wildman–Crippen MR) is 90.8 cm³/mol. The van der Waals surface area contributed by atoms with Gasteiger partial charge in [0.1, 0.15) is 23.1 Å². The number of anilines is 1. The highest BCUT2D eigenvalue weighted by atomic mass is 35.5. The number of halogens is 3. The molecule has 0 radical (unpaired) electrons. The Bertz CT molecular complexity index is 743. The van der Waals surface area contributed by atoms with Crippen LogP contribution in [0.15, 0.2) is 30.3 Å². The molecule has 0 bridgehead atoms. The van der Waals surface area contributed by atoms with Crippen LogP contribution in [0.5, 0.6) is 5.75 Å². The van der Waals surface area contributed by atoms with Gasteiger partial charge in [-0.15, -0.1) is 0 Å². The normalized spacial score (nSPS) is 10.8. The van der Waals surface area contributed by atoms with Gasteiger partial charge in [0, 0.05) is 5.02 Å². The Morgan fingerprint density at radius 3 is 2.46 bits per heavy atom. The van der Waals surface area contributed by atoms with E-state index in [2.05, 4.69) is 5.32 Å². The number of rotatable bonds is 5. The summed E-state index contributed by atoms with van der Waals surface area (Å²) in [5.41, 5.74) is 1.19. The summed E-state index contributed by atoms with van der Waals surface area (Å²) in [6.45, 7) is 5.41. The molecular weight excluding hydrogens is 336 g/mol. The highest BCUT2D eigenvalue weighted by Gasteiger charge is 2.15. The Balaban J connectivity index is 2.11. The molecule has 0 aliphatic heterocycles. The summed E-state index contributed by atoms with van der Waals surface area (Å²) in [5.74, 6) is -1.66. The first-order valence-corrected chi connectivity index (χ1v) is 7.84. The Kier molecular flexibility index (Phi) is 5.78. The van der Waals surface area contributed by atoms with Crippen LogP contribution in [0, 0.1) is 18.6 Å². The zero-order valence-corrected chi connectivity index (χ0v) is 14.4. The molecule has 0 saturated heterocycles. The quantitative estimate of drug-likeness (QED) is 0.815. The van der Waals surface area contributed by atoms with Gasteiger partial charge in [-0.1, -0.05) is 31.5 Å². The first-order valence-electron chi connectivity index (χ1n) is 7.46. The lowest BCUT2D eigenvalue weighted by Crippen LogP contribution is -2.22. The third kappa shape index (κ3) is 4.23. The van der Waals surface area contributed by atoms with Gasteiger partial charge in [0.25, 0.3) is 5.91 Å². The monoisotopic (exact) mass is 353 g/mol. The number of hydrogen-bond donors (Lipinski definition) is 1. The molecule has 2 rings (SSSR count). The first-order chi connectivity index (χ1) is 11.3. The van der Waals surface area contributed by atoms with Crippen LogP contribution in [0.25, 0.3) is 0 Å².